The molecule has 0 radical (unpaired) electrons. The molecule has 0 amide bonds. The highest BCUT2D eigenvalue weighted by Crippen LogP contribution is 2.31. The van der Waals surface area contributed by atoms with E-state index in [0.29, 0.717) is 5.56 Å². The first kappa shape index (κ1) is 8.78. The normalized spacial score (nSPS) is 10.2. The quantitative estimate of drug-likeness (QED) is 0.760. The monoisotopic (exact) mass is 301 g/mol. The van der Waals surface area contributed by atoms with Gasteiger partial charge in [-0.1, -0.05) is 0 Å². The number of nitriles is 1. The Hall–Kier alpha value is -0.800. The SMILES string of the molecule is N#Cc1cc2cc(I)sc2cc1O. The average molecular weight is 301 g/mol. The van der Waals surface area contributed by atoms with E-state index in [0.717, 1.165) is 13.0 Å². The van der Waals surface area contributed by atoms with Crippen molar-refractivity contribution < 1.29 is 5.11 Å². The van der Waals surface area contributed by atoms with E-state index in [9.17, 15) is 5.11 Å². The molecule has 0 spiro atoms. The predicted octanol–water partition coefficient (Wildman–Crippen LogP) is 3.08. The van der Waals surface area contributed by atoms with Gasteiger partial charge in [0, 0.05) is 4.70 Å². The lowest BCUT2D eigenvalue weighted by Gasteiger charge is -1.94. The summed E-state index contributed by atoms with van der Waals surface area (Å²) in [6.45, 7) is 0. The van der Waals surface area contributed by atoms with E-state index in [2.05, 4.69) is 22.6 Å². The first-order chi connectivity index (χ1) is 6.20. The summed E-state index contributed by atoms with van der Waals surface area (Å²) in [5.74, 6) is 0.0632. The second kappa shape index (κ2) is 3.16. The summed E-state index contributed by atoms with van der Waals surface area (Å²) in [5, 5.41) is 19.1. The molecule has 0 unspecified atom stereocenters. The number of hydrogen-bond acceptors (Lipinski definition) is 3. The summed E-state index contributed by atoms with van der Waals surface area (Å²) in [7, 11) is 0. The molecule has 1 aromatic heterocycles. The Labute approximate surface area is 92.6 Å². The van der Waals surface area contributed by atoms with Crippen LogP contribution in [0.1, 0.15) is 5.56 Å². The van der Waals surface area contributed by atoms with Gasteiger partial charge in [0.05, 0.1) is 8.45 Å². The smallest absolute Gasteiger partial charge is 0.134 e. The van der Waals surface area contributed by atoms with Gasteiger partial charge in [0.2, 0.25) is 0 Å². The number of phenolic OH excluding ortho intramolecular Hbond substituents is 1. The number of aromatic hydroxyl groups is 1. The first-order valence-corrected chi connectivity index (χ1v) is 5.42. The molecule has 1 aromatic carbocycles. The number of halogens is 1. The lowest BCUT2D eigenvalue weighted by atomic mass is 10.2. The van der Waals surface area contributed by atoms with E-state index < -0.39 is 0 Å². The Morgan fingerprint density at radius 3 is 2.85 bits per heavy atom. The van der Waals surface area contributed by atoms with Crippen LogP contribution in [0.15, 0.2) is 18.2 Å². The predicted molar refractivity (Wildman–Crippen MR) is 60.9 cm³/mol. The third-order valence-corrected chi connectivity index (χ3v) is 3.58. The molecular weight excluding hydrogens is 297 g/mol. The van der Waals surface area contributed by atoms with E-state index in [1.54, 1.807) is 23.5 Å². The molecule has 13 heavy (non-hydrogen) atoms. The zero-order valence-corrected chi connectivity index (χ0v) is 9.39. The van der Waals surface area contributed by atoms with Crippen LogP contribution in [0.2, 0.25) is 0 Å². The van der Waals surface area contributed by atoms with Crippen LogP contribution in [0, 0.1) is 14.2 Å². The lowest BCUT2D eigenvalue weighted by molar-refractivity contribution is 0.474. The third kappa shape index (κ3) is 1.49. The Bertz CT molecular complexity index is 512. The van der Waals surface area contributed by atoms with E-state index in [-0.39, 0.29) is 5.75 Å². The number of rotatable bonds is 0. The van der Waals surface area contributed by atoms with Gasteiger partial charge in [-0.15, -0.1) is 11.3 Å². The maximum Gasteiger partial charge on any atom is 0.134 e. The van der Waals surface area contributed by atoms with Crippen LogP contribution in [0.25, 0.3) is 10.1 Å². The van der Waals surface area contributed by atoms with Crippen molar-refractivity contribution in [3.8, 4) is 11.8 Å². The van der Waals surface area contributed by atoms with Gasteiger partial charge in [0.1, 0.15) is 11.8 Å². The van der Waals surface area contributed by atoms with Gasteiger partial charge < -0.3 is 5.11 Å². The minimum absolute atomic E-state index is 0.0632. The summed E-state index contributed by atoms with van der Waals surface area (Å²) < 4.78 is 2.17. The molecule has 0 saturated heterocycles. The highest BCUT2D eigenvalue weighted by molar-refractivity contribution is 14.1. The second-order valence-corrected chi connectivity index (χ2v) is 5.55. The minimum atomic E-state index is 0.0632. The molecule has 0 saturated carbocycles. The Balaban J connectivity index is 2.82. The molecule has 0 aliphatic rings. The molecule has 1 heterocycles. The van der Waals surface area contributed by atoms with Gasteiger partial charge in [0.25, 0.3) is 0 Å². The Morgan fingerprint density at radius 2 is 2.15 bits per heavy atom. The molecule has 0 aliphatic carbocycles. The van der Waals surface area contributed by atoms with Crippen LogP contribution in [0.4, 0.5) is 0 Å². The summed E-state index contributed by atoms with van der Waals surface area (Å²) >= 11 is 3.83. The van der Waals surface area contributed by atoms with Crippen molar-refractivity contribution in [2.24, 2.45) is 0 Å². The van der Waals surface area contributed by atoms with Gasteiger partial charge >= 0.3 is 0 Å². The van der Waals surface area contributed by atoms with Crippen LogP contribution in [-0.4, -0.2) is 5.11 Å². The number of nitrogens with zero attached hydrogens (tertiary/aromatic N) is 1. The summed E-state index contributed by atoms with van der Waals surface area (Å²) in [5.41, 5.74) is 0.335. The minimum Gasteiger partial charge on any atom is -0.507 e. The molecule has 2 aromatic rings. The number of phenols is 1. The zero-order chi connectivity index (χ0) is 9.42. The maximum absolute atomic E-state index is 9.40. The van der Waals surface area contributed by atoms with Crippen LogP contribution in [-0.2, 0) is 0 Å². The molecule has 2 nitrogen and oxygen atoms in total. The fourth-order valence-electron chi connectivity index (χ4n) is 1.13. The topological polar surface area (TPSA) is 44.0 Å². The average Bonchev–Trinajstić information content (AvgIpc) is 2.42. The third-order valence-electron chi connectivity index (χ3n) is 1.73. The Kier molecular flexibility index (Phi) is 2.14. The van der Waals surface area contributed by atoms with Crippen molar-refractivity contribution in [3.63, 3.8) is 0 Å². The van der Waals surface area contributed by atoms with Crippen molar-refractivity contribution >= 4 is 44.0 Å². The molecule has 0 bridgehead atoms. The van der Waals surface area contributed by atoms with E-state index in [4.69, 9.17) is 5.26 Å². The van der Waals surface area contributed by atoms with Crippen molar-refractivity contribution in [3.05, 3.63) is 26.6 Å². The van der Waals surface area contributed by atoms with Crippen LogP contribution in [0.5, 0.6) is 5.75 Å². The number of fused-ring (bicyclic) bond motifs is 1. The molecule has 0 aliphatic heterocycles. The van der Waals surface area contributed by atoms with E-state index in [1.165, 1.54) is 0 Å². The molecule has 2 rings (SSSR count). The largest absolute Gasteiger partial charge is 0.507 e. The fourth-order valence-corrected chi connectivity index (χ4v) is 2.98. The standard InChI is InChI=1S/C9H4INOS/c10-9-2-5-1-6(4-11)7(12)3-8(5)13-9/h1-3,12H. The van der Waals surface area contributed by atoms with Crippen LogP contribution < -0.4 is 0 Å². The molecule has 64 valence electrons. The van der Waals surface area contributed by atoms with Crippen molar-refractivity contribution in [2.45, 2.75) is 0 Å². The molecule has 1 N–H and O–H groups in total. The number of thiophene rings is 1. The van der Waals surface area contributed by atoms with Gasteiger partial charge in [-0.2, -0.15) is 5.26 Å². The van der Waals surface area contributed by atoms with Gasteiger partial charge in [-0.3, -0.25) is 0 Å². The number of hydrogen-bond donors (Lipinski definition) is 1. The van der Waals surface area contributed by atoms with Crippen molar-refractivity contribution in [2.75, 3.05) is 0 Å². The Morgan fingerprint density at radius 1 is 1.38 bits per heavy atom. The zero-order valence-electron chi connectivity index (χ0n) is 6.41. The van der Waals surface area contributed by atoms with E-state index >= 15 is 0 Å². The summed E-state index contributed by atoms with van der Waals surface area (Å²) in [4.78, 5) is 0. The van der Waals surface area contributed by atoms with Crippen molar-refractivity contribution in [1.82, 2.24) is 0 Å². The first-order valence-electron chi connectivity index (χ1n) is 3.53. The summed E-state index contributed by atoms with van der Waals surface area (Å²) in [6, 6.07) is 7.30. The maximum atomic E-state index is 9.40. The highest BCUT2D eigenvalue weighted by Gasteiger charge is 2.05. The fraction of sp³-hybridized carbons (Fsp3) is 0. The van der Waals surface area contributed by atoms with Gasteiger partial charge in [-0.05, 0) is 46.2 Å². The number of benzene rings is 1. The highest BCUT2D eigenvalue weighted by atomic mass is 127. The molecular formula is C9H4INOS. The second-order valence-electron chi connectivity index (χ2n) is 2.57. The molecule has 0 atom stereocenters. The van der Waals surface area contributed by atoms with E-state index in [1.807, 2.05) is 12.1 Å². The van der Waals surface area contributed by atoms with Gasteiger partial charge in [0.15, 0.2) is 0 Å². The van der Waals surface area contributed by atoms with Gasteiger partial charge in [-0.25, -0.2) is 0 Å². The molecule has 4 heteroatoms. The van der Waals surface area contributed by atoms with Crippen LogP contribution >= 0.6 is 33.9 Å². The van der Waals surface area contributed by atoms with Crippen LogP contribution in [0.3, 0.4) is 0 Å². The van der Waals surface area contributed by atoms with Crippen molar-refractivity contribution in [1.29, 1.82) is 5.26 Å². The lowest BCUT2D eigenvalue weighted by Crippen LogP contribution is -1.74. The summed E-state index contributed by atoms with van der Waals surface area (Å²) in [6.07, 6.45) is 0. The molecule has 0 fully saturated rings.